The van der Waals surface area contributed by atoms with Crippen LogP contribution >= 0.6 is 0 Å². The minimum absolute atomic E-state index is 0.0898. The van der Waals surface area contributed by atoms with Crippen molar-refractivity contribution in [1.82, 2.24) is 5.32 Å². The molecule has 3 aromatic rings. The summed E-state index contributed by atoms with van der Waals surface area (Å²) in [6.07, 6.45) is 0. The lowest BCUT2D eigenvalue weighted by atomic mass is 10.0. The number of rotatable bonds is 9. The van der Waals surface area contributed by atoms with Gasteiger partial charge in [0.15, 0.2) is 12.4 Å². The van der Waals surface area contributed by atoms with Gasteiger partial charge in [-0.05, 0) is 47.5 Å². The number of halogens is 2. The number of benzene rings is 3. The molecule has 0 aliphatic rings. The molecular weight excluding hydrogens is 420 g/mol. The molecule has 0 saturated carbocycles. The van der Waals surface area contributed by atoms with Crippen molar-refractivity contribution < 1.29 is 32.6 Å². The van der Waals surface area contributed by atoms with Crippen LogP contribution in [0.25, 0.3) is 11.1 Å². The molecule has 1 amide bonds. The minimum Gasteiger partial charge on any atom is -0.456 e. The second-order valence-electron chi connectivity index (χ2n) is 6.61. The number of carbonyl (C=O) groups is 3. The first kappa shape index (κ1) is 22.6. The van der Waals surface area contributed by atoms with Crippen LogP contribution in [0.1, 0.15) is 20.7 Å². The smallest absolute Gasteiger partial charge is 0.387 e. The van der Waals surface area contributed by atoms with E-state index in [-0.39, 0.29) is 11.3 Å². The van der Waals surface area contributed by atoms with E-state index in [2.05, 4.69) is 10.1 Å². The monoisotopic (exact) mass is 439 g/mol. The van der Waals surface area contributed by atoms with Crippen molar-refractivity contribution in [3.8, 4) is 16.9 Å². The number of carbonyl (C=O) groups excluding carboxylic acids is 3. The molecule has 6 nitrogen and oxygen atoms in total. The first-order valence-corrected chi connectivity index (χ1v) is 9.60. The van der Waals surface area contributed by atoms with E-state index in [0.29, 0.717) is 5.56 Å². The van der Waals surface area contributed by atoms with E-state index < -0.39 is 37.4 Å². The highest BCUT2D eigenvalue weighted by Gasteiger charge is 2.13. The molecule has 0 aliphatic heterocycles. The zero-order valence-electron chi connectivity index (χ0n) is 16.8. The van der Waals surface area contributed by atoms with E-state index >= 15 is 0 Å². The molecule has 0 atom stereocenters. The summed E-state index contributed by atoms with van der Waals surface area (Å²) in [5, 5.41) is 2.43. The van der Waals surface area contributed by atoms with Gasteiger partial charge >= 0.3 is 12.6 Å². The maximum atomic E-state index is 12.2. The molecule has 0 heterocycles. The van der Waals surface area contributed by atoms with Crippen molar-refractivity contribution in [2.24, 2.45) is 0 Å². The van der Waals surface area contributed by atoms with Crippen LogP contribution < -0.4 is 10.1 Å². The van der Waals surface area contributed by atoms with Gasteiger partial charge in [-0.2, -0.15) is 8.78 Å². The Balaban J connectivity index is 1.44. The highest BCUT2D eigenvalue weighted by molar-refractivity contribution is 5.99. The molecule has 0 aliphatic carbocycles. The van der Waals surface area contributed by atoms with Crippen LogP contribution in [0.2, 0.25) is 0 Å². The second kappa shape index (κ2) is 10.8. The van der Waals surface area contributed by atoms with Gasteiger partial charge in [-0.15, -0.1) is 0 Å². The minimum atomic E-state index is -2.96. The van der Waals surface area contributed by atoms with Crippen LogP contribution in [-0.2, 0) is 9.53 Å². The van der Waals surface area contributed by atoms with Gasteiger partial charge in [0.05, 0.1) is 0 Å². The van der Waals surface area contributed by atoms with Gasteiger partial charge in [0.25, 0.3) is 5.91 Å². The van der Waals surface area contributed by atoms with Gasteiger partial charge in [-0.25, -0.2) is 0 Å². The molecule has 0 spiro atoms. The summed E-state index contributed by atoms with van der Waals surface area (Å²) in [6.45, 7) is -3.92. The maximum Gasteiger partial charge on any atom is 0.387 e. The third-order valence-corrected chi connectivity index (χ3v) is 4.41. The molecule has 0 radical (unpaired) electrons. The van der Waals surface area contributed by atoms with Crippen molar-refractivity contribution >= 4 is 17.7 Å². The molecule has 164 valence electrons. The lowest BCUT2D eigenvalue weighted by Gasteiger charge is -2.08. The van der Waals surface area contributed by atoms with Gasteiger partial charge in [-0.1, -0.05) is 42.5 Å². The number of alkyl halides is 2. The molecule has 1 N–H and O–H groups in total. The Bertz CT molecular complexity index is 1070. The number of ether oxygens (including phenoxy) is 2. The Morgan fingerprint density at radius 3 is 2.00 bits per heavy atom. The van der Waals surface area contributed by atoms with E-state index in [1.54, 1.807) is 24.3 Å². The average molecular weight is 439 g/mol. The standard InChI is InChI=1S/C24H19F2NO5/c25-24(26)32-20-12-10-18(11-13-20)21(28)15-31-22(29)14-27-23(30)19-8-6-17(7-9-19)16-4-2-1-3-5-16/h1-13,24H,14-15H2,(H,27,30). The lowest BCUT2D eigenvalue weighted by molar-refractivity contribution is -0.141. The fraction of sp³-hybridized carbons (Fsp3) is 0.125. The number of esters is 1. The highest BCUT2D eigenvalue weighted by atomic mass is 19.3. The number of nitrogens with one attached hydrogen (secondary N) is 1. The van der Waals surface area contributed by atoms with Gasteiger partial charge in [0.1, 0.15) is 12.3 Å². The van der Waals surface area contributed by atoms with Gasteiger partial charge in [0, 0.05) is 11.1 Å². The Morgan fingerprint density at radius 1 is 0.781 bits per heavy atom. The summed E-state index contributed by atoms with van der Waals surface area (Å²) in [6, 6.07) is 21.6. The van der Waals surface area contributed by atoms with Crippen LogP contribution in [-0.4, -0.2) is 37.4 Å². The summed E-state index contributed by atoms with van der Waals surface area (Å²) in [5.41, 5.74) is 2.51. The largest absolute Gasteiger partial charge is 0.456 e. The summed E-state index contributed by atoms with van der Waals surface area (Å²) < 4.78 is 33.3. The Morgan fingerprint density at radius 2 is 1.38 bits per heavy atom. The van der Waals surface area contributed by atoms with Crippen LogP contribution in [0.3, 0.4) is 0 Å². The first-order chi connectivity index (χ1) is 15.4. The third kappa shape index (κ3) is 6.46. The summed E-state index contributed by atoms with van der Waals surface area (Å²) in [5.74, 6) is -1.86. The normalized spacial score (nSPS) is 10.5. The van der Waals surface area contributed by atoms with Gasteiger partial charge < -0.3 is 14.8 Å². The highest BCUT2D eigenvalue weighted by Crippen LogP contribution is 2.19. The van der Waals surface area contributed by atoms with Crippen LogP contribution in [0.4, 0.5) is 8.78 Å². The van der Waals surface area contributed by atoms with E-state index in [9.17, 15) is 23.2 Å². The first-order valence-electron chi connectivity index (χ1n) is 9.60. The molecule has 0 bridgehead atoms. The second-order valence-corrected chi connectivity index (χ2v) is 6.61. The van der Waals surface area contributed by atoms with Crippen molar-refractivity contribution in [2.45, 2.75) is 6.61 Å². The fourth-order valence-corrected chi connectivity index (χ4v) is 2.80. The van der Waals surface area contributed by atoms with Crippen molar-refractivity contribution in [3.05, 3.63) is 90.0 Å². The SMILES string of the molecule is O=C(CNC(=O)c1ccc(-c2ccccc2)cc1)OCC(=O)c1ccc(OC(F)F)cc1. The predicted molar refractivity (Wildman–Crippen MR) is 113 cm³/mol. The fourth-order valence-electron chi connectivity index (χ4n) is 2.80. The van der Waals surface area contributed by atoms with E-state index in [1.165, 1.54) is 24.3 Å². The quantitative estimate of drug-likeness (QED) is 0.401. The van der Waals surface area contributed by atoms with E-state index in [1.807, 2.05) is 30.3 Å². The Kier molecular flexibility index (Phi) is 7.64. The van der Waals surface area contributed by atoms with Crippen molar-refractivity contribution in [3.63, 3.8) is 0 Å². The molecule has 0 saturated heterocycles. The molecule has 0 unspecified atom stereocenters. The summed E-state index contributed by atoms with van der Waals surface area (Å²) in [4.78, 5) is 36.1. The number of ketones is 1. The number of hydrogen-bond donors (Lipinski definition) is 1. The topological polar surface area (TPSA) is 81.7 Å². The van der Waals surface area contributed by atoms with Crippen LogP contribution in [0.15, 0.2) is 78.9 Å². The number of amides is 1. The predicted octanol–water partition coefficient (Wildman–Crippen LogP) is 4.11. The Labute approximate surface area is 182 Å². The maximum absolute atomic E-state index is 12.2. The number of hydrogen-bond acceptors (Lipinski definition) is 5. The molecule has 8 heteroatoms. The molecule has 0 fully saturated rings. The summed E-state index contributed by atoms with van der Waals surface area (Å²) >= 11 is 0. The van der Waals surface area contributed by atoms with Crippen LogP contribution in [0, 0.1) is 0 Å². The molecule has 0 aromatic heterocycles. The van der Waals surface area contributed by atoms with Gasteiger partial charge in [0.2, 0.25) is 0 Å². The van der Waals surface area contributed by atoms with Crippen LogP contribution in [0.5, 0.6) is 5.75 Å². The van der Waals surface area contributed by atoms with Gasteiger partial charge in [-0.3, -0.25) is 14.4 Å². The Hall–Kier alpha value is -4.07. The van der Waals surface area contributed by atoms with Crippen molar-refractivity contribution in [2.75, 3.05) is 13.2 Å². The number of Topliss-reactive ketones (excluding diaryl/α,β-unsaturated/α-hetero) is 1. The lowest BCUT2D eigenvalue weighted by Crippen LogP contribution is -2.31. The third-order valence-electron chi connectivity index (χ3n) is 4.41. The molecular formula is C24H19F2NO5. The zero-order chi connectivity index (χ0) is 22.9. The van der Waals surface area contributed by atoms with Crippen molar-refractivity contribution in [1.29, 1.82) is 0 Å². The summed E-state index contributed by atoms with van der Waals surface area (Å²) in [7, 11) is 0. The molecule has 3 rings (SSSR count). The molecule has 3 aromatic carbocycles. The van der Waals surface area contributed by atoms with E-state index in [4.69, 9.17) is 4.74 Å². The van der Waals surface area contributed by atoms with E-state index in [0.717, 1.165) is 11.1 Å². The zero-order valence-corrected chi connectivity index (χ0v) is 16.8. The average Bonchev–Trinajstić information content (AvgIpc) is 2.81. The molecule has 32 heavy (non-hydrogen) atoms.